The van der Waals surface area contributed by atoms with E-state index < -0.39 is 11.3 Å². The molecule has 5 nitrogen and oxygen atoms in total. The quantitative estimate of drug-likeness (QED) is 0.720. The molecule has 0 aromatic carbocycles. The molecule has 0 bridgehead atoms. The van der Waals surface area contributed by atoms with Crippen LogP contribution in [-0.4, -0.2) is 37.0 Å². The van der Waals surface area contributed by atoms with Crippen LogP contribution in [0, 0.1) is 0 Å². The normalized spacial score (nSPS) is 27.1. The Morgan fingerprint density at radius 1 is 1.25 bits per heavy atom. The van der Waals surface area contributed by atoms with Crippen LogP contribution in [0.3, 0.4) is 0 Å². The number of hydrogen-bond acceptors (Lipinski definition) is 4. The van der Waals surface area contributed by atoms with Gasteiger partial charge in [0, 0.05) is 12.8 Å². The van der Waals surface area contributed by atoms with Crippen LogP contribution in [0.15, 0.2) is 0 Å². The molecule has 1 aliphatic heterocycles. The van der Waals surface area contributed by atoms with E-state index >= 15 is 0 Å². The molecule has 1 spiro atoms. The van der Waals surface area contributed by atoms with E-state index in [2.05, 4.69) is 5.32 Å². The number of likely N-dealkylation sites (N-methyl/N-ethyl adjacent to an activating group) is 1. The van der Waals surface area contributed by atoms with Crippen LogP contribution < -0.4 is 11.1 Å². The van der Waals surface area contributed by atoms with Crippen LogP contribution >= 0.6 is 0 Å². The minimum Gasteiger partial charge on any atom is -0.368 e. The first kappa shape index (κ1) is 11.8. The van der Waals surface area contributed by atoms with Gasteiger partial charge in [0.25, 0.3) is 0 Å². The Labute approximate surface area is 95.7 Å². The Morgan fingerprint density at radius 2 is 1.81 bits per heavy atom. The monoisotopic (exact) mass is 228 g/mol. The summed E-state index contributed by atoms with van der Waals surface area (Å²) in [5.74, 6) is -0.698. The molecule has 0 unspecified atom stereocenters. The predicted molar refractivity (Wildman–Crippen MR) is 58.7 cm³/mol. The second-order valence-corrected chi connectivity index (χ2v) is 4.58. The Balaban J connectivity index is 2.03. The largest absolute Gasteiger partial charge is 0.368 e. The first-order valence-electron chi connectivity index (χ1n) is 5.95. The molecule has 2 fully saturated rings. The van der Waals surface area contributed by atoms with Gasteiger partial charge in [-0.2, -0.15) is 0 Å². The summed E-state index contributed by atoms with van der Waals surface area (Å²) in [6.07, 6.45) is 2.86. The van der Waals surface area contributed by atoms with Crippen LogP contribution in [0.4, 0.5) is 0 Å². The maximum absolute atomic E-state index is 11.5. The molecular weight excluding hydrogens is 208 g/mol. The fourth-order valence-corrected chi connectivity index (χ4v) is 2.69. The molecule has 5 heteroatoms. The van der Waals surface area contributed by atoms with E-state index in [1.54, 1.807) is 0 Å². The molecular formula is C11H20N2O3. The summed E-state index contributed by atoms with van der Waals surface area (Å²) in [5.41, 5.74) is 4.93. The molecule has 1 aliphatic carbocycles. The number of carbonyl (C=O) groups is 1. The van der Waals surface area contributed by atoms with E-state index in [1.165, 1.54) is 0 Å². The zero-order chi connectivity index (χ0) is 11.6. The van der Waals surface area contributed by atoms with Crippen LogP contribution in [0.5, 0.6) is 0 Å². The van der Waals surface area contributed by atoms with Gasteiger partial charge in [-0.3, -0.25) is 4.79 Å². The number of hydrogen-bond donors (Lipinski definition) is 2. The highest BCUT2D eigenvalue weighted by atomic mass is 16.7. The average Bonchev–Trinajstić information content (AvgIpc) is 2.71. The average molecular weight is 228 g/mol. The van der Waals surface area contributed by atoms with Crippen molar-refractivity contribution >= 4 is 5.91 Å². The molecule has 92 valence electrons. The molecule has 16 heavy (non-hydrogen) atoms. The molecule has 1 amide bonds. The minimum absolute atomic E-state index is 0.262. The summed E-state index contributed by atoms with van der Waals surface area (Å²) in [4.78, 5) is 11.5. The summed E-state index contributed by atoms with van der Waals surface area (Å²) in [5, 5.41) is 3.22. The second kappa shape index (κ2) is 4.31. The lowest BCUT2D eigenvalue weighted by atomic mass is 9.78. The van der Waals surface area contributed by atoms with Crippen LogP contribution in [0.2, 0.25) is 0 Å². The van der Waals surface area contributed by atoms with E-state index in [1.807, 2.05) is 6.92 Å². The van der Waals surface area contributed by atoms with Crippen molar-refractivity contribution in [2.24, 2.45) is 5.73 Å². The number of ether oxygens (including phenoxy) is 2. The Bertz CT molecular complexity index is 264. The van der Waals surface area contributed by atoms with Crippen molar-refractivity contribution in [3.63, 3.8) is 0 Å². The zero-order valence-electron chi connectivity index (χ0n) is 9.75. The first-order chi connectivity index (χ1) is 7.63. The van der Waals surface area contributed by atoms with Crippen molar-refractivity contribution in [3.05, 3.63) is 0 Å². The van der Waals surface area contributed by atoms with E-state index in [4.69, 9.17) is 15.2 Å². The third-order valence-corrected chi connectivity index (χ3v) is 3.67. The number of nitrogens with two attached hydrogens (primary N) is 1. The standard InChI is InChI=1S/C11H20N2O3/c1-2-13-10(9(12)14)3-5-11(6-4-10)15-7-8-16-11/h13H,2-8H2,1H3,(H2,12,14). The van der Waals surface area contributed by atoms with Gasteiger partial charge in [-0.25, -0.2) is 0 Å². The van der Waals surface area contributed by atoms with E-state index in [-0.39, 0.29) is 5.91 Å². The molecule has 0 aromatic rings. The number of nitrogens with one attached hydrogen (secondary N) is 1. The topological polar surface area (TPSA) is 73.6 Å². The van der Waals surface area contributed by atoms with E-state index in [0.717, 1.165) is 19.4 Å². The molecule has 3 N–H and O–H groups in total. The molecule has 1 saturated carbocycles. The molecule has 2 rings (SSSR count). The minimum atomic E-state index is -0.560. The summed E-state index contributed by atoms with van der Waals surface area (Å²) in [6.45, 7) is 4.05. The third-order valence-electron chi connectivity index (χ3n) is 3.67. The van der Waals surface area contributed by atoms with Crippen molar-refractivity contribution in [2.75, 3.05) is 19.8 Å². The number of carbonyl (C=O) groups excluding carboxylic acids is 1. The molecule has 0 atom stereocenters. The van der Waals surface area contributed by atoms with Crippen molar-refractivity contribution in [1.29, 1.82) is 0 Å². The van der Waals surface area contributed by atoms with Gasteiger partial charge in [-0.1, -0.05) is 6.92 Å². The van der Waals surface area contributed by atoms with Gasteiger partial charge in [-0.15, -0.1) is 0 Å². The van der Waals surface area contributed by atoms with Crippen LogP contribution in [0.25, 0.3) is 0 Å². The van der Waals surface area contributed by atoms with Gasteiger partial charge in [0.1, 0.15) is 0 Å². The highest BCUT2D eigenvalue weighted by Crippen LogP contribution is 2.40. The maximum Gasteiger partial charge on any atom is 0.237 e. The SMILES string of the molecule is CCNC1(C(N)=O)CCC2(CC1)OCCO2. The Kier molecular flexibility index (Phi) is 3.19. The maximum atomic E-state index is 11.5. The van der Waals surface area contributed by atoms with Gasteiger partial charge in [0.15, 0.2) is 5.79 Å². The predicted octanol–water partition coefficient (Wildman–Crippen LogP) is 0.137. The van der Waals surface area contributed by atoms with Gasteiger partial charge < -0.3 is 20.5 Å². The van der Waals surface area contributed by atoms with E-state index in [0.29, 0.717) is 26.1 Å². The molecule has 0 radical (unpaired) electrons. The molecule has 2 aliphatic rings. The smallest absolute Gasteiger partial charge is 0.237 e. The van der Waals surface area contributed by atoms with Gasteiger partial charge in [0.2, 0.25) is 5.91 Å². The Morgan fingerprint density at radius 3 is 2.25 bits per heavy atom. The Hall–Kier alpha value is -0.650. The highest BCUT2D eigenvalue weighted by molar-refractivity contribution is 5.84. The fraction of sp³-hybridized carbons (Fsp3) is 0.909. The van der Waals surface area contributed by atoms with Crippen LogP contribution in [-0.2, 0) is 14.3 Å². The lowest BCUT2D eigenvalue weighted by Gasteiger charge is -2.42. The lowest BCUT2D eigenvalue weighted by molar-refractivity contribution is -0.187. The third kappa shape index (κ3) is 1.95. The number of primary amides is 1. The second-order valence-electron chi connectivity index (χ2n) is 4.58. The highest BCUT2D eigenvalue weighted by Gasteiger charge is 2.48. The van der Waals surface area contributed by atoms with Crippen LogP contribution in [0.1, 0.15) is 32.6 Å². The summed E-state index contributed by atoms with van der Waals surface area (Å²) in [7, 11) is 0. The zero-order valence-corrected chi connectivity index (χ0v) is 9.75. The first-order valence-corrected chi connectivity index (χ1v) is 5.95. The van der Waals surface area contributed by atoms with Crippen molar-refractivity contribution in [1.82, 2.24) is 5.32 Å². The number of amides is 1. The van der Waals surface area contributed by atoms with Gasteiger partial charge in [0.05, 0.1) is 18.8 Å². The van der Waals surface area contributed by atoms with Crippen molar-refractivity contribution < 1.29 is 14.3 Å². The lowest BCUT2D eigenvalue weighted by Crippen LogP contribution is -2.59. The summed E-state index contributed by atoms with van der Waals surface area (Å²) < 4.78 is 11.3. The molecule has 1 saturated heterocycles. The number of rotatable bonds is 3. The van der Waals surface area contributed by atoms with Crippen molar-refractivity contribution in [3.8, 4) is 0 Å². The fourth-order valence-electron chi connectivity index (χ4n) is 2.69. The van der Waals surface area contributed by atoms with Gasteiger partial charge >= 0.3 is 0 Å². The summed E-state index contributed by atoms with van der Waals surface area (Å²) >= 11 is 0. The molecule has 0 aromatic heterocycles. The van der Waals surface area contributed by atoms with Gasteiger partial charge in [-0.05, 0) is 19.4 Å². The van der Waals surface area contributed by atoms with Crippen molar-refractivity contribution in [2.45, 2.75) is 43.9 Å². The van der Waals surface area contributed by atoms with E-state index in [9.17, 15) is 4.79 Å². The molecule has 1 heterocycles. The summed E-state index contributed by atoms with van der Waals surface area (Å²) in [6, 6.07) is 0.